The number of carbonyl (C=O) groups excluding carboxylic acids is 1. The molecule has 0 aromatic heterocycles. The Hall–Kier alpha value is -2.53. The molecule has 164 valence electrons. The van der Waals surface area contributed by atoms with E-state index in [4.69, 9.17) is 4.74 Å². The first-order valence-electron chi connectivity index (χ1n) is 11.8. The minimum atomic E-state index is -0.182. The Morgan fingerprint density at radius 1 is 1.00 bits per heavy atom. The highest BCUT2D eigenvalue weighted by Gasteiger charge is 2.41. The van der Waals surface area contributed by atoms with Crippen LogP contribution in [0, 0.1) is 0 Å². The van der Waals surface area contributed by atoms with Gasteiger partial charge < -0.3 is 14.5 Å². The van der Waals surface area contributed by atoms with Gasteiger partial charge in [0.25, 0.3) is 0 Å². The molecule has 2 bridgehead atoms. The maximum absolute atomic E-state index is 12.9. The molecule has 2 atom stereocenters. The monoisotopic (exact) mass is 419 g/mol. The molecule has 2 saturated heterocycles. The van der Waals surface area contributed by atoms with Crippen molar-refractivity contribution >= 4 is 11.8 Å². The lowest BCUT2D eigenvalue weighted by atomic mass is 9.96. The van der Waals surface area contributed by atoms with Crippen molar-refractivity contribution in [2.24, 2.45) is 0 Å². The number of likely N-dealkylation sites (tertiary alicyclic amines) is 1. The molecular formula is C26H33N3O2. The summed E-state index contributed by atoms with van der Waals surface area (Å²) in [5.74, 6) is 0.577. The average Bonchev–Trinajstić information content (AvgIpc) is 3.10. The van der Waals surface area contributed by atoms with Crippen LogP contribution in [0.15, 0.2) is 48.5 Å². The zero-order chi connectivity index (χ0) is 21.2. The summed E-state index contributed by atoms with van der Waals surface area (Å²) in [4.78, 5) is 20.0. The van der Waals surface area contributed by atoms with Crippen LogP contribution >= 0.6 is 0 Å². The zero-order valence-electron chi connectivity index (χ0n) is 18.5. The van der Waals surface area contributed by atoms with E-state index in [1.165, 1.54) is 29.8 Å². The summed E-state index contributed by atoms with van der Waals surface area (Å²) in [6, 6.07) is 17.1. The van der Waals surface area contributed by atoms with Gasteiger partial charge in [-0.25, -0.2) is 4.79 Å². The number of anilines is 1. The highest BCUT2D eigenvalue weighted by atomic mass is 16.6. The van der Waals surface area contributed by atoms with E-state index in [-0.39, 0.29) is 12.1 Å². The van der Waals surface area contributed by atoms with Crippen LogP contribution in [0.5, 0.6) is 0 Å². The molecule has 0 saturated carbocycles. The molecule has 31 heavy (non-hydrogen) atoms. The van der Waals surface area contributed by atoms with Crippen LogP contribution in [-0.2, 0) is 11.3 Å². The minimum absolute atomic E-state index is 0.151. The summed E-state index contributed by atoms with van der Waals surface area (Å²) in [6.07, 6.45) is 3.10. The van der Waals surface area contributed by atoms with E-state index in [0.717, 1.165) is 51.1 Å². The summed E-state index contributed by atoms with van der Waals surface area (Å²) in [5, 5.41) is 0. The van der Waals surface area contributed by atoms with Gasteiger partial charge in [0, 0.05) is 38.4 Å². The van der Waals surface area contributed by atoms with E-state index < -0.39 is 0 Å². The van der Waals surface area contributed by atoms with Gasteiger partial charge in [-0.15, -0.1) is 0 Å². The molecule has 0 radical (unpaired) electrons. The average molecular weight is 420 g/mol. The Labute approximate surface area is 185 Å². The fraction of sp³-hybridized carbons (Fsp3) is 0.500. The first-order valence-corrected chi connectivity index (χ1v) is 11.8. The molecule has 2 fully saturated rings. The fourth-order valence-electron chi connectivity index (χ4n) is 5.53. The van der Waals surface area contributed by atoms with Gasteiger partial charge in [0.05, 0.1) is 6.04 Å². The highest BCUT2D eigenvalue weighted by Crippen LogP contribution is 2.50. The molecule has 0 N–H and O–H groups in total. The topological polar surface area (TPSA) is 36.0 Å². The molecule has 1 amide bonds. The van der Waals surface area contributed by atoms with Crippen molar-refractivity contribution in [1.29, 1.82) is 0 Å². The van der Waals surface area contributed by atoms with Crippen LogP contribution in [0.4, 0.5) is 10.5 Å². The summed E-state index contributed by atoms with van der Waals surface area (Å²) in [5.41, 5.74) is 5.12. The standard InChI is InChI=1S/C26H33N3O2/c1-2-11-27-13-15-28(16-14-27)22-8-9-23-21-10-12-29(25(17-21)24(23)18-22)26(30)31-19-20-6-4-3-5-7-20/h3-9,18,21,25H,2,10-17,19H2,1H3/t21-,25?/m1/s1. The third-order valence-corrected chi connectivity index (χ3v) is 7.19. The number of hydrogen-bond donors (Lipinski definition) is 0. The van der Waals surface area contributed by atoms with Gasteiger partial charge >= 0.3 is 6.09 Å². The van der Waals surface area contributed by atoms with Crippen molar-refractivity contribution < 1.29 is 9.53 Å². The van der Waals surface area contributed by atoms with Crippen molar-refractivity contribution in [2.75, 3.05) is 44.2 Å². The number of benzene rings is 2. The smallest absolute Gasteiger partial charge is 0.410 e. The maximum Gasteiger partial charge on any atom is 0.410 e. The molecule has 5 heteroatoms. The van der Waals surface area contributed by atoms with Crippen LogP contribution in [0.3, 0.4) is 0 Å². The Bertz CT molecular complexity index is 908. The normalized spacial score (nSPS) is 23.0. The van der Waals surface area contributed by atoms with E-state index in [9.17, 15) is 4.79 Å². The van der Waals surface area contributed by atoms with E-state index in [1.54, 1.807) is 0 Å². The second kappa shape index (κ2) is 8.91. The van der Waals surface area contributed by atoms with Gasteiger partial charge in [0.1, 0.15) is 6.61 Å². The first kappa shape index (κ1) is 20.4. The minimum Gasteiger partial charge on any atom is -0.445 e. The summed E-state index contributed by atoms with van der Waals surface area (Å²) in [6.45, 7) is 8.99. The number of piperazine rings is 1. The molecule has 5 nitrogen and oxygen atoms in total. The molecule has 3 aliphatic rings. The Kier molecular flexibility index (Phi) is 5.86. The van der Waals surface area contributed by atoms with E-state index >= 15 is 0 Å². The van der Waals surface area contributed by atoms with E-state index in [1.807, 2.05) is 35.2 Å². The van der Waals surface area contributed by atoms with Crippen molar-refractivity contribution in [1.82, 2.24) is 9.80 Å². The van der Waals surface area contributed by atoms with Crippen molar-refractivity contribution in [3.63, 3.8) is 0 Å². The lowest BCUT2D eigenvalue weighted by molar-refractivity contribution is 0.0694. The van der Waals surface area contributed by atoms with Crippen LogP contribution < -0.4 is 4.90 Å². The molecule has 1 aliphatic carbocycles. The van der Waals surface area contributed by atoms with E-state index in [2.05, 4.69) is 34.9 Å². The van der Waals surface area contributed by atoms with Gasteiger partial charge in [0.15, 0.2) is 0 Å². The summed E-state index contributed by atoms with van der Waals surface area (Å²) >= 11 is 0. The zero-order valence-corrected chi connectivity index (χ0v) is 18.5. The van der Waals surface area contributed by atoms with Crippen molar-refractivity contribution in [2.45, 2.75) is 44.8 Å². The predicted octanol–water partition coefficient (Wildman–Crippen LogP) is 4.79. The van der Waals surface area contributed by atoms with Crippen molar-refractivity contribution in [3.8, 4) is 0 Å². The number of piperidine rings is 1. The molecule has 2 aromatic carbocycles. The Morgan fingerprint density at radius 2 is 1.81 bits per heavy atom. The molecule has 2 heterocycles. The molecule has 2 aliphatic heterocycles. The highest BCUT2D eigenvalue weighted by molar-refractivity contribution is 5.70. The lowest BCUT2D eigenvalue weighted by Gasteiger charge is -2.36. The predicted molar refractivity (Wildman–Crippen MR) is 123 cm³/mol. The SMILES string of the molecule is CCCN1CCN(c2ccc3c(c2)C2C[C@H]3CCN2C(=O)OCc2ccccc2)CC1. The largest absolute Gasteiger partial charge is 0.445 e. The number of hydrogen-bond acceptors (Lipinski definition) is 4. The van der Waals surface area contributed by atoms with Crippen LogP contribution in [-0.4, -0.2) is 55.2 Å². The number of ether oxygens (including phenoxy) is 1. The van der Waals surface area contributed by atoms with Gasteiger partial charge in [-0.3, -0.25) is 4.90 Å². The Balaban J connectivity index is 1.28. The molecule has 2 aromatic rings. The second-order valence-corrected chi connectivity index (χ2v) is 9.11. The second-order valence-electron chi connectivity index (χ2n) is 9.11. The van der Waals surface area contributed by atoms with E-state index in [0.29, 0.717) is 12.5 Å². The molecular weight excluding hydrogens is 386 g/mol. The summed E-state index contributed by atoms with van der Waals surface area (Å²) in [7, 11) is 0. The lowest BCUT2D eigenvalue weighted by Crippen LogP contribution is -2.46. The van der Waals surface area contributed by atoms with Gasteiger partial charge in [-0.1, -0.05) is 43.3 Å². The van der Waals surface area contributed by atoms with Crippen molar-refractivity contribution in [3.05, 3.63) is 65.2 Å². The molecule has 1 unspecified atom stereocenters. The van der Waals surface area contributed by atoms with Gasteiger partial charge in [0.2, 0.25) is 0 Å². The number of rotatable bonds is 5. The fourth-order valence-corrected chi connectivity index (χ4v) is 5.53. The number of carbonyl (C=O) groups is 1. The van der Waals surface area contributed by atoms with Crippen LogP contribution in [0.25, 0.3) is 0 Å². The quantitative estimate of drug-likeness (QED) is 0.698. The van der Waals surface area contributed by atoms with Crippen LogP contribution in [0.1, 0.15) is 54.8 Å². The number of amides is 1. The third-order valence-electron chi connectivity index (χ3n) is 7.19. The summed E-state index contributed by atoms with van der Waals surface area (Å²) < 4.78 is 5.69. The Morgan fingerprint density at radius 3 is 2.58 bits per heavy atom. The maximum atomic E-state index is 12.9. The third kappa shape index (κ3) is 4.16. The molecule has 5 rings (SSSR count). The van der Waals surface area contributed by atoms with Gasteiger partial charge in [-0.05, 0) is 60.5 Å². The number of fused-ring (bicyclic) bond motifs is 5. The molecule has 0 spiro atoms. The number of nitrogens with zero attached hydrogens (tertiary/aromatic N) is 3. The van der Waals surface area contributed by atoms with Gasteiger partial charge in [-0.2, -0.15) is 0 Å². The van der Waals surface area contributed by atoms with Crippen LogP contribution in [0.2, 0.25) is 0 Å². The first-order chi connectivity index (χ1) is 15.2.